The summed E-state index contributed by atoms with van der Waals surface area (Å²) in [5, 5.41) is 11.0. The second-order valence-corrected chi connectivity index (χ2v) is 2.79. The van der Waals surface area contributed by atoms with E-state index in [1.807, 2.05) is 0 Å². The van der Waals surface area contributed by atoms with Crippen LogP contribution in [0.25, 0.3) is 0 Å². The Labute approximate surface area is 73.9 Å². The quantitative estimate of drug-likeness (QED) is 0.692. The van der Waals surface area contributed by atoms with Gasteiger partial charge in [0.1, 0.15) is 5.78 Å². The minimum atomic E-state index is -4.69. The lowest BCUT2D eigenvalue weighted by Gasteiger charge is -2.23. The van der Waals surface area contributed by atoms with E-state index in [0.717, 1.165) is 0 Å². The van der Waals surface area contributed by atoms with Crippen molar-refractivity contribution in [3.63, 3.8) is 0 Å². The van der Waals surface area contributed by atoms with Gasteiger partial charge in [-0.3, -0.25) is 4.79 Å². The highest BCUT2D eigenvalue weighted by Gasteiger charge is 2.43. The topological polar surface area (TPSA) is 49.3 Å². The number of carbonyl (C=O) groups is 1. The van der Waals surface area contributed by atoms with Gasteiger partial charge in [0.2, 0.25) is 0 Å². The van der Waals surface area contributed by atoms with E-state index < -0.39 is 24.1 Å². The van der Waals surface area contributed by atoms with Crippen molar-refractivity contribution in [3.05, 3.63) is 0 Å². The lowest BCUT2D eigenvalue weighted by Crippen LogP contribution is -2.47. The number of hydrogen-bond donors (Lipinski definition) is 2. The summed E-state index contributed by atoms with van der Waals surface area (Å²) in [4.78, 5) is 10.5. The number of hydrogen-bond acceptors (Lipinski definition) is 3. The predicted molar refractivity (Wildman–Crippen MR) is 40.2 cm³/mol. The van der Waals surface area contributed by atoms with Crippen LogP contribution in [0.1, 0.15) is 13.3 Å². The van der Waals surface area contributed by atoms with Gasteiger partial charge in [-0.2, -0.15) is 13.2 Å². The maximum Gasteiger partial charge on any atom is 0.415 e. The van der Waals surface area contributed by atoms with Gasteiger partial charge in [0.15, 0.2) is 6.10 Å². The summed E-state index contributed by atoms with van der Waals surface area (Å²) in [5.74, 6) is -0.400. The van der Waals surface area contributed by atoms with Gasteiger partial charge in [0, 0.05) is 12.5 Å². The van der Waals surface area contributed by atoms with Crippen molar-refractivity contribution in [2.45, 2.75) is 31.7 Å². The van der Waals surface area contributed by atoms with Crippen LogP contribution in [0.2, 0.25) is 0 Å². The van der Waals surface area contributed by atoms with Crippen LogP contribution in [0, 0.1) is 0 Å². The Kier molecular flexibility index (Phi) is 4.35. The minimum absolute atomic E-state index is 0.336. The molecule has 2 unspecified atom stereocenters. The molecule has 0 spiro atoms. The zero-order valence-electron chi connectivity index (χ0n) is 7.35. The maximum absolute atomic E-state index is 11.9. The van der Waals surface area contributed by atoms with Crippen LogP contribution in [0.15, 0.2) is 0 Å². The number of halogens is 3. The smallest absolute Gasteiger partial charge is 0.382 e. The number of ketones is 1. The fourth-order valence-corrected chi connectivity index (χ4v) is 0.909. The van der Waals surface area contributed by atoms with Crippen molar-refractivity contribution >= 4 is 5.78 Å². The molecule has 78 valence electrons. The molecule has 0 aromatic carbocycles. The van der Waals surface area contributed by atoms with Gasteiger partial charge >= 0.3 is 6.18 Å². The van der Waals surface area contributed by atoms with Crippen LogP contribution < -0.4 is 5.32 Å². The first-order chi connectivity index (χ1) is 5.79. The Bertz CT molecular complexity index is 181. The number of aliphatic hydroxyl groups excluding tert-OH is 1. The average molecular weight is 199 g/mol. The molecule has 0 amide bonds. The van der Waals surface area contributed by atoms with Crippen molar-refractivity contribution in [2.75, 3.05) is 7.05 Å². The molecule has 0 aliphatic carbocycles. The van der Waals surface area contributed by atoms with E-state index in [1.54, 1.807) is 0 Å². The first kappa shape index (κ1) is 12.4. The molecule has 0 saturated heterocycles. The molecule has 0 aromatic heterocycles. The molecule has 3 nitrogen and oxygen atoms in total. The van der Waals surface area contributed by atoms with Gasteiger partial charge in [0.05, 0.1) is 0 Å². The largest absolute Gasteiger partial charge is 0.415 e. The molecule has 0 rings (SSSR count). The fourth-order valence-electron chi connectivity index (χ4n) is 0.909. The van der Waals surface area contributed by atoms with Crippen molar-refractivity contribution in [1.82, 2.24) is 5.32 Å². The van der Waals surface area contributed by atoms with Gasteiger partial charge in [0.25, 0.3) is 0 Å². The molecular weight excluding hydrogens is 187 g/mol. The summed E-state index contributed by atoms with van der Waals surface area (Å²) in [6.45, 7) is 1.17. The third kappa shape index (κ3) is 4.23. The zero-order chi connectivity index (χ0) is 10.6. The highest BCUT2D eigenvalue weighted by atomic mass is 19.4. The first-order valence-electron chi connectivity index (χ1n) is 3.70. The average Bonchev–Trinajstić information content (AvgIpc) is 1.96. The number of aliphatic hydroxyl groups is 1. The number of nitrogens with one attached hydrogen (secondary N) is 1. The van der Waals surface area contributed by atoms with E-state index in [4.69, 9.17) is 5.11 Å². The summed E-state index contributed by atoms with van der Waals surface area (Å²) in [7, 11) is 1.27. The lowest BCUT2D eigenvalue weighted by molar-refractivity contribution is -0.212. The molecule has 0 bridgehead atoms. The number of alkyl halides is 3. The molecular formula is C7H12F3NO2. The molecule has 6 heteroatoms. The molecule has 0 aromatic rings. The third-order valence-corrected chi connectivity index (χ3v) is 1.59. The van der Waals surface area contributed by atoms with Gasteiger partial charge in [-0.05, 0) is 14.0 Å². The van der Waals surface area contributed by atoms with Crippen LogP contribution in [-0.2, 0) is 4.79 Å². The maximum atomic E-state index is 11.9. The SMILES string of the molecule is CNC(CC(C)=O)C(O)C(F)(F)F. The molecule has 0 aliphatic heterocycles. The van der Waals surface area contributed by atoms with Crippen LogP contribution in [0.4, 0.5) is 13.2 Å². The molecule has 0 fully saturated rings. The van der Waals surface area contributed by atoms with E-state index in [9.17, 15) is 18.0 Å². The minimum Gasteiger partial charge on any atom is -0.382 e. The summed E-state index contributed by atoms with van der Waals surface area (Å²) in [6, 6.07) is -1.27. The molecule has 0 radical (unpaired) electrons. The van der Waals surface area contributed by atoms with Crippen LogP contribution >= 0.6 is 0 Å². The molecule has 0 heterocycles. The van der Waals surface area contributed by atoms with E-state index in [-0.39, 0.29) is 6.42 Å². The fraction of sp³-hybridized carbons (Fsp3) is 0.857. The summed E-state index contributed by atoms with van der Waals surface area (Å²) in [5.41, 5.74) is 0. The molecule has 2 atom stereocenters. The second-order valence-electron chi connectivity index (χ2n) is 2.79. The summed E-state index contributed by atoms with van der Waals surface area (Å²) < 4.78 is 35.8. The highest BCUT2D eigenvalue weighted by molar-refractivity contribution is 5.76. The Hall–Kier alpha value is -0.620. The second kappa shape index (κ2) is 4.57. The van der Waals surface area contributed by atoms with Crippen molar-refractivity contribution in [3.8, 4) is 0 Å². The van der Waals surface area contributed by atoms with Gasteiger partial charge in [-0.1, -0.05) is 0 Å². The predicted octanol–water partition coefficient (Wildman–Crippen LogP) is 0.477. The van der Waals surface area contributed by atoms with Crippen molar-refractivity contribution in [2.24, 2.45) is 0 Å². The molecule has 0 aliphatic rings. The number of Topliss-reactive ketones (excluding diaryl/α,β-unsaturated/α-hetero) is 1. The van der Waals surface area contributed by atoms with Crippen LogP contribution in [-0.4, -0.2) is 36.3 Å². The van der Waals surface area contributed by atoms with Gasteiger partial charge < -0.3 is 10.4 Å². The Morgan fingerprint density at radius 2 is 2.00 bits per heavy atom. The standard InChI is InChI=1S/C7H12F3NO2/c1-4(12)3-5(11-2)6(13)7(8,9)10/h5-6,11,13H,3H2,1-2H3. The van der Waals surface area contributed by atoms with E-state index in [2.05, 4.69) is 5.32 Å². The van der Waals surface area contributed by atoms with E-state index >= 15 is 0 Å². The third-order valence-electron chi connectivity index (χ3n) is 1.59. The summed E-state index contributed by atoms with van der Waals surface area (Å²) in [6.07, 6.45) is -7.53. The Morgan fingerprint density at radius 3 is 2.23 bits per heavy atom. The number of rotatable bonds is 4. The van der Waals surface area contributed by atoms with Crippen LogP contribution in [0.3, 0.4) is 0 Å². The summed E-state index contributed by atoms with van der Waals surface area (Å²) >= 11 is 0. The zero-order valence-corrected chi connectivity index (χ0v) is 7.35. The number of carbonyl (C=O) groups excluding carboxylic acids is 1. The van der Waals surface area contributed by atoms with E-state index in [1.165, 1.54) is 14.0 Å². The Morgan fingerprint density at radius 1 is 1.54 bits per heavy atom. The first-order valence-corrected chi connectivity index (χ1v) is 3.70. The van der Waals surface area contributed by atoms with Gasteiger partial charge in [-0.25, -0.2) is 0 Å². The lowest BCUT2D eigenvalue weighted by atomic mass is 10.1. The van der Waals surface area contributed by atoms with E-state index in [0.29, 0.717) is 0 Å². The number of likely N-dealkylation sites (N-methyl/N-ethyl adjacent to an activating group) is 1. The highest BCUT2D eigenvalue weighted by Crippen LogP contribution is 2.23. The van der Waals surface area contributed by atoms with Crippen molar-refractivity contribution in [1.29, 1.82) is 0 Å². The molecule has 13 heavy (non-hydrogen) atoms. The Balaban J connectivity index is 4.31. The normalized spacial score (nSPS) is 16.8. The molecule has 0 saturated carbocycles. The van der Waals surface area contributed by atoms with Crippen LogP contribution in [0.5, 0.6) is 0 Å². The van der Waals surface area contributed by atoms with Gasteiger partial charge in [-0.15, -0.1) is 0 Å². The molecule has 2 N–H and O–H groups in total. The van der Waals surface area contributed by atoms with Crippen molar-refractivity contribution < 1.29 is 23.1 Å². The monoisotopic (exact) mass is 199 g/mol.